The molecule has 0 radical (unpaired) electrons. The van der Waals surface area contributed by atoms with Crippen molar-refractivity contribution >= 4 is 17.5 Å². The van der Waals surface area contributed by atoms with E-state index in [-0.39, 0.29) is 17.4 Å². The van der Waals surface area contributed by atoms with Crippen molar-refractivity contribution < 1.29 is 18.8 Å². The smallest absolute Gasteiger partial charge is 0.277 e. The van der Waals surface area contributed by atoms with E-state index in [2.05, 4.69) is 20.6 Å². The summed E-state index contributed by atoms with van der Waals surface area (Å²) in [4.78, 5) is 27.4. The van der Waals surface area contributed by atoms with Crippen molar-refractivity contribution in [1.82, 2.24) is 10.6 Å². The zero-order chi connectivity index (χ0) is 12.3. The van der Waals surface area contributed by atoms with Gasteiger partial charge in [0.2, 0.25) is 11.6 Å². The predicted octanol–water partition coefficient (Wildman–Crippen LogP) is -0.755. The van der Waals surface area contributed by atoms with Crippen molar-refractivity contribution in [1.29, 1.82) is 0 Å². The molecule has 0 aromatic carbocycles. The molecule has 1 unspecified atom stereocenters. The van der Waals surface area contributed by atoms with Gasteiger partial charge in [0.1, 0.15) is 13.2 Å². The maximum absolute atomic E-state index is 11.8. The van der Waals surface area contributed by atoms with Crippen LogP contribution in [0.2, 0.25) is 0 Å². The van der Waals surface area contributed by atoms with Crippen LogP contribution in [0, 0.1) is 0 Å². The number of hydrogen-bond acceptors (Lipinski definition) is 5. The number of carbonyl (C=O) groups excluding carboxylic acids is 2. The second-order valence-electron chi connectivity index (χ2n) is 3.37. The van der Waals surface area contributed by atoms with Gasteiger partial charge in [0.05, 0.1) is 6.26 Å². The standard InChI is InChI=1S/C10H11N3O4/c1-16-13-8(7-3-2-4-17-7)10(15)12-6-5-11-9(6)14/h2-4,6H,5H2,1H3,(H,11,14)(H,12,15). The Labute approximate surface area is 96.8 Å². The fourth-order valence-corrected chi connectivity index (χ4v) is 1.33. The molecule has 1 fully saturated rings. The Bertz CT molecular complexity index is 452. The lowest BCUT2D eigenvalue weighted by atomic mass is 10.1. The third-order valence-corrected chi connectivity index (χ3v) is 2.25. The first-order valence-corrected chi connectivity index (χ1v) is 4.96. The van der Waals surface area contributed by atoms with Gasteiger partial charge in [0.25, 0.3) is 5.91 Å². The molecule has 0 bridgehead atoms. The van der Waals surface area contributed by atoms with Crippen molar-refractivity contribution in [2.75, 3.05) is 13.7 Å². The zero-order valence-electron chi connectivity index (χ0n) is 9.10. The Balaban J connectivity index is 2.09. The predicted molar refractivity (Wildman–Crippen MR) is 57.2 cm³/mol. The summed E-state index contributed by atoms with van der Waals surface area (Å²) in [6, 6.07) is 2.70. The van der Waals surface area contributed by atoms with E-state index in [4.69, 9.17) is 4.42 Å². The number of hydrogen-bond donors (Lipinski definition) is 2. The summed E-state index contributed by atoms with van der Waals surface area (Å²) >= 11 is 0. The lowest BCUT2D eigenvalue weighted by molar-refractivity contribution is -0.131. The Morgan fingerprint density at radius 1 is 1.71 bits per heavy atom. The van der Waals surface area contributed by atoms with Gasteiger partial charge in [-0.3, -0.25) is 9.59 Å². The van der Waals surface area contributed by atoms with Crippen LogP contribution in [0.5, 0.6) is 0 Å². The molecule has 17 heavy (non-hydrogen) atoms. The summed E-state index contributed by atoms with van der Waals surface area (Å²) in [5, 5.41) is 8.62. The molecule has 0 spiro atoms. The van der Waals surface area contributed by atoms with Gasteiger partial charge < -0.3 is 19.9 Å². The molecule has 1 aromatic rings. The molecule has 2 N–H and O–H groups in total. The Kier molecular flexibility index (Phi) is 3.08. The van der Waals surface area contributed by atoms with E-state index in [1.165, 1.54) is 13.4 Å². The van der Waals surface area contributed by atoms with Crippen LogP contribution in [-0.4, -0.2) is 37.2 Å². The maximum atomic E-state index is 11.8. The largest absolute Gasteiger partial charge is 0.462 e. The average molecular weight is 237 g/mol. The molecule has 1 aliphatic rings. The highest BCUT2D eigenvalue weighted by Crippen LogP contribution is 2.04. The van der Waals surface area contributed by atoms with Crippen LogP contribution in [0.1, 0.15) is 5.76 Å². The van der Waals surface area contributed by atoms with Crippen molar-refractivity contribution in [3.05, 3.63) is 24.2 Å². The first kappa shape index (κ1) is 11.2. The number of nitrogens with one attached hydrogen (secondary N) is 2. The topological polar surface area (TPSA) is 92.9 Å². The Morgan fingerprint density at radius 2 is 2.53 bits per heavy atom. The highest BCUT2D eigenvalue weighted by atomic mass is 16.6. The highest BCUT2D eigenvalue weighted by molar-refractivity contribution is 6.44. The number of β-lactam (4-membered cyclic amide) rings is 1. The summed E-state index contributed by atoms with van der Waals surface area (Å²) in [6.07, 6.45) is 1.42. The molecule has 1 aliphatic heterocycles. The SMILES string of the molecule is CON=C(C(=O)NC1CNC1=O)c1ccco1. The van der Waals surface area contributed by atoms with Crippen LogP contribution in [0.25, 0.3) is 0 Å². The number of rotatable bonds is 4. The van der Waals surface area contributed by atoms with E-state index in [0.29, 0.717) is 6.54 Å². The lowest BCUT2D eigenvalue weighted by Gasteiger charge is -2.26. The molecular formula is C10H11N3O4. The molecule has 7 nitrogen and oxygen atoms in total. The van der Waals surface area contributed by atoms with Crippen molar-refractivity contribution in [3.8, 4) is 0 Å². The fraction of sp³-hybridized carbons (Fsp3) is 0.300. The number of amides is 2. The van der Waals surface area contributed by atoms with E-state index in [9.17, 15) is 9.59 Å². The normalized spacial score (nSPS) is 19.2. The monoisotopic (exact) mass is 237 g/mol. The van der Waals surface area contributed by atoms with Crippen molar-refractivity contribution in [2.45, 2.75) is 6.04 Å². The number of nitrogens with zero attached hydrogens (tertiary/aromatic N) is 1. The van der Waals surface area contributed by atoms with Crippen LogP contribution < -0.4 is 10.6 Å². The molecule has 2 heterocycles. The minimum Gasteiger partial charge on any atom is -0.462 e. The first-order chi connectivity index (χ1) is 8.22. The Hall–Kier alpha value is -2.31. The van der Waals surface area contributed by atoms with Gasteiger partial charge in [-0.1, -0.05) is 5.16 Å². The minimum atomic E-state index is -0.514. The van der Waals surface area contributed by atoms with Crippen molar-refractivity contribution in [2.24, 2.45) is 5.16 Å². The summed E-state index contributed by atoms with van der Waals surface area (Å²) in [6.45, 7) is 0.420. The second kappa shape index (κ2) is 4.69. The number of oxime groups is 1. The lowest BCUT2D eigenvalue weighted by Crippen LogP contribution is -2.62. The van der Waals surface area contributed by atoms with Crippen LogP contribution in [0.3, 0.4) is 0 Å². The fourth-order valence-electron chi connectivity index (χ4n) is 1.33. The van der Waals surface area contributed by atoms with E-state index in [0.717, 1.165) is 0 Å². The van der Waals surface area contributed by atoms with Crippen LogP contribution in [0.15, 0.2) is 28.0 Å². The third kappa shape index (κ3) is 2.27. The van der Waals surface area contributed by atoms with Gasteiger partial charge >= 0.3 is 0 Å². The van der Waals surface area contributed by atoms with Gasteiger partial charge in [0.15, 0.2) is 5.76 Å². The van der Waals surface area contributed by atoms with Gasteiger partial charge in [-0.25, -0.2) is 0 Å². The van der Waals surface area contributed by atoms with E-state index in [1.54, 1.807) is 12.1 Å². The number of furan rings is 1. The molecule has 90 valence electrons. The summed E-state index contributed by atoms with van der Waals surface area (Å²) in [7, 11) is 1.33. The zero-order valence-corrected chi connectivity index (χ0v) is 9.10. The summed E-state index contributed by atoms with van der Waals surface area (Å²) in [5.74, 6) is -0.444. The quantitative estimate of drug-likeness (QED) is 0.409. The molecule has 1 saturated heterocycles. The molecule has 1 atom stereocenters. The number of carbonyl (C=O) groups is 2. The average Bonchev–Trinajstić information content (AvgIpc) is 2.84. The maximum Gasteiger partial charge on any atom is 0.277 e. The molecule has 0 aliphatic carbocycles. The van der Waals surface area contributed by atoms with Gasteiger partial charge in [0, 0.05) is 6.54 Å². The minimum absolute atomic E-state index is 0.00259. The third-order valence-electron chi connectivity index (χ3n) is 2.25. The van der Waals surface area contributed by atoms with E-state index >= 15 is 0 Å². The van der Waals surface area contributed by atoms with Crippen LogP contribution in [0.4, 0.5) is 0 Å². The van der Waals surface area contributed by atoms with Crippen LogP contribution in [-0.2, 0) is 14.4 Å². The van der Waals surface area contributed by atoms with Crippen LogP contribution >= 0.6 is 0 Å². The molecule has 2 rings (SSSR count). The Morgan fingerprint density at radius 3 is 3.00 bits per heavy atom. The second-order valence-corrected chi connectivity index (χ2v) is 3.37. The molecule has 2 amide bonds. The summed E-state index contributed by atoms with van der Waals surface area (Å²) in [5.41, 5.74) is -0.00259. The first-order valence-electron chi connectivity index (χ1n) is 4.96. The van der Waals surface area contributed by atoms with Crippen molar-refractivity contribution in [3.63, 3.8) is 0 Å². The molecule has 1 aromatic heterocycles. The van der Waals surface area contributed by atoms with E-state index in [1.807, 2.05) is 0 Å². The summed E-state index contributed by atoms with van der Waals surface area (Å²) < 4.78 is 5.06. The van der Waals surface area contributed by atoms with Gasteiger partial charge in [-0.2, -0.15) is 0 Å². The molecular weight excluding hydrogens is 226 g/mol. The van der Waals surface area contributed by atoms with E-state index < -0.39 is 11.9 Å². The molecule has 7 heteroatoms. The van der Waals surface area contributed by atoms with Gasteiger partial charge in [-0.05, 0) is 12.1 Å². The highest BCUT2D eigenvalue weighted by Gasteiger charge is 2.31. The molecule has 0 saturated carbocycles. The van der Waals surface area contributed by atoms with Gasteiger partial charge in [-0.15, -0.1) is 0 Å².